The molecule has 1 fully saturated rings. The Hall–Kier alpha value is -0.0300. The van der Waals surface area contributed by atoms with Gasteiger partial charge in [0.25, 0.3) is 0 Å². The van der Waals surface area contributed by atoms with E-state index >= 15 is 0 Å². The van der Waals surface area contributed by atoms with Gasteiger partial charge in [0.05, 0.1) is 10.8 Å². The first-order valence-electron chi connectivity index (χ1n) is 5.74. The zero-order chi connectivity index (χ0) is 12.4. The van der Waals surface area contributed by atoms with E-state index in [0.717, 1.165) is 23.1 Å². The van der Waals surface area contributed by atoms with E-state index in [0.29, 0.717) is 17.1 Å². The fourth-order valence-corrected chi connectivity index (χ4v) is 3.60. The maximum Gasteiger partial charge on any atom is 0.187 e. The van der Waals surface area contributed by atoms with E-state index in [9.17, 15) is 0 Å². The highest BCUT2D eigenvalue weighted by molar-refractivity contribution is 7.16. The molecule has 1 aliphatic heterocycles. The Morgan fingerprint density at radius 1 is 1.47 bits per heavy atom. The quantitative estimate of drug-likeness (QED) is 0.799. The van der Waals surface area contributed by atoms with Crippen LogP contribution in [0, 0.1) is 0 Å². The summed E-state index contributed by atoms with van der Waals surface area (Å²) >= 11 is 13.4. The maximum atomic E-state index is 6.03. The minimum Gasteiger partial charge on any atom is -0.348 e. The molecule has 0 aliphatic carbocycles. The molecule has 1 aromatic rings. The van der Waals surface area contributed by atoms with Gasteiger partial charge >= 0.3 is 0 Å². The molecule has 0 amide bonds. The van der Waals surface area contributed by atoms with Crippen LogP contribution in [0.15, 0.2) is 0 Å². The summed E-state index contributed by atoms with van der Waals surface area (Å²) in [5, 5.41) is 1.54. The van der Waals surface area contributed by atoms with Crippen LogP contribution in [0.25, 0.3) is 0 Å². The van der Waals surface area contributed by atoms with Crippen molar-refractivity contribution in [2.45, 2.75) is 24.8 Å². The van der Waals surface area contributed by atoms with Gasteiger partial charge in [-0.25, -0.2) is 4.98 Å². The molecule has 6 heteroatoms. The summed E-state index contributed by atoms with van der Waals surface area (Å²) in [6, 6.07) is 0.566. The number of hydrogen-bond acceptors (Lipinski definition) is 4. The van der Waals surface area contributed by atoms with Crippen molar-refractivity contribution < 1.29 is 0 Å². The summed E-state index contributed by atoms with van der Waals surface area (Å²) in [6.45, 7) is 2.30. The van der Waals surface area contributed by atoms with E-state index < -0.39 is 0 Å². The van der Waals surface area contributed by atoms with Gasteiger partial charge in [-0.1, -0.05) is 22.9 Å². The van der Waals surface area contributed by atoms with E-state index in [4.69, 9.17) is 23.2 Å². The molecule has 2 rings (SSSR count). The van der Waals surface area contributed by atoms with Crippen LogP contribution in [0.2, 0.25) is 5.15 Å². The van der Waals surface area contributed by atoms with Gasteiger partial charge in [-0.15, -0.1) is 11.6 Å². The van der Waals surface area contributed by atoms with Gasteiger partial charge < -0.3 is 9.80 Å². The van der Waals surface area contributed by atoms with E-state index in [2.05, 4.69) is 28.9 Å². The normalized spacial score (nSPS) is 18.6. The van der Waals surface area contributed by atoms with Crippen molar-refractivity contribution >= 4 is 39.7 Å². The minimum absolute atomic E-state index is 0.442. The summed E-state index contributed by atoms with van der Waals surface area (Å²) in [6.07, 6.45) is 2.36. The van der Waals surface area contributed by atoms with Crippen molar-refractivity contribution in [3.05, 3.63) is 10.0 Å². The molecule has 0 N–H and O–H groups in total. The molecule has 0 aromatic carbocycles. The van der Waals surface area contributed by atoms with Crippen LogP contribution in [0.3, 0.4) is 0 Å². The summed E-state index contributed by atoms with van der Waals surface area (Å²) in [5.41, 5.74) is 0. The second-order valence-electron chi connectivity index (χ2n) is 4.49. The maximum absolute atomic E-state index is 6.03. The number of alkyl halides is 1. The lowest BCUT2D eigenvalue weighted by Gasteiger charge is -2.34. The SMILES string of the molecule is CN1CCC(N(C)c2nc(Cl)c(CCl)s2)CC1. The van der Waals surface area contributed by atoms with Crippen molar-refractivity contribution in [2.75, 3.05) is 32.1 Å². The second kappa shape index (κ2) is 5.74. The molecule has 2 heterocycles. The topological polar surface area (TPSA) is 19.4 Å². The van der Waals surface area contributed by atoms with Gasteiger partial charge in [0.1, 0.15) is 5.15 Å². The van der Waals surface area contributed by atoms with Crippen LogP contribution >= 0.6 is 34.5 Å². The number of anilines is 1. The fourth-order valence-electron chi connectivity index (χ4n) is 2.09. The minimum atomic E-state index is 0.442. The Labute approximate surface area is 116 Å². The fraction of sp³-hybridized carbons (Fsp3) is 0.727. The van der Waals surface area contributed by atoms with Crippen molar-refractivity contribution in [3.63, 3.8) is 0 Å². The first-order valence-corrected chi connectivity index (χ1v) is 7.47. The molecule has 0 saturated carbocycles. The number of rotatable bonds is 3. The Kier molecular flexibility index (Phi) is 4.53. The Morgan fingerprint density at radius 3 is 2.65 bits per heavy atom. The van der Waals surface area contributed by atoms with Crippen molar-refractivity contribution in [2.24, 2.45) is 0 Å². The third-order valence-corrected chi connectivity index (χ3v) is 5.29. The van der Waals surface area contributed by atoms with Crippen LogP contribution in [0.1, 0.15) is 17.7 Å². The number of likely N-dealkylation sites (tertiary alicyclic amines) is 1. The summed E-state index contributed by atoms with van der Waals surface area (Å²) in [4.78, 5) is 9.96. The van der Waals surface area contributed by atoms with E-state index in [1.165, 1.54) is 12.8 Å². The first-order chi connectivity index (χ1) is 8.11. The molecule has 0 spiro atoms. The number of halogens is 2. The molecule has 0 bridgehead atoms. The first kappa shape index (κ1) is 13.4. The predicted octanol–water partition coefficient (Wildman–Crippen LogP) is 3.07. The highest BCUT2D eigenvalue weighted by atomic mass is 35.5. The molecular formula is C11H17Cl2N3S. The van der Waals surface area contributed by atoms with Gasteiger partial charge in [0.2, 0.25) is 0 Å². The predicted molar refractivity (Wildman–Crippen MR) is 75.6 cm³/mol. The average Bonchev–Trinajstić information content (AvgIpc) is 2.70. The average molecular weight is 294 g/mol. The van der Waals surface area contributed by atoms with Gasteiger partial charge in [0.15, 0.2) is 5.13 Å². The van der Waals surface area contributed by atoms with Crippen molar-refractivity contribution in [1.29, 1.82) is 0 Å². The number of piperidine rings is 1. The molecule has 1 aromatic heterocycles. The summed E-state index contributed by atoms with van der Waals surface area (Å²) in [5.74, 6) is 0.442. The number of thiazole rings is 1. The Morgan fingerprint density at radius 2 is 2.12 bits per heavy atom. The van der Waals surface area contributed by atoms with E-state index in [1.54, 1.807) is 11.3 Å². The highest BCUT2D eigenvalue weighted by Gasteiger charge is 2.23. The van der Waals surface area contributed by atoms with E-state index in [-0.39, 0.29) is 0 Å². The molecule has 1 saturated heterocycles. The highest BCUT2D eigenvalue weighted by Crippen LogP contribution is 2.32. The molecule has 3 nitrogen and oxygen atoms in total. The van der Waals surface area contributed by atoms with Crippen molar-refractivity contribution in [1.82, 2.24) is 9.88 Å². The third-order valence-electron chi connectivity index (χ3n) is 3.30. The number of hydrogen-bond donors (Lipinski definition) is 0. The third kappa shape index (κ3) is 3.05. The lowest BCUT2D eigenvalue weighted by molar-refractivity contribution is 0.253. The summed E-state index contributed by atoms with van der Waals surface area (Å²) in [7, 11) is 4.27. The lowest BCUT2D eigenvalue weighted by Crippen LogP contribution is -2.41. The molecule has 1 aliphatic rings. The van der Waals surface area contributed by atoms with E-state index in [1.807, 2.05) is 0 Å². The molecule has 17 heavy (non-hydrogen) atoms. The van der Waals surface area contributed by atoms with Crippen molar-refractivity contribution in [3.8, 4) is 0 Å². The molecule has 0 unspecified atom stereocenters. The Bertz CT molecular complexity index is 375. The van der Waals surface area contributed by atoms with Crippen LogP contribution in [0.4, 0.5) is 5.13 Å². The molecule has 0 atom stereocenters. The van der Waals surface area contributed by atoms with Crippen LogP contribution in [0.5, 0.6) is 0 Å². The van der Waals surface area contributed by atoms with Gasteiger partial charge in [-0.2, -0.15) is 0 Å². The number of aromatic nitrogens is 1. The van der Waals surface area contributed by atoms with Crippen LogP contribution in [-0.4, -0.2) is 43.1 Å². The van der Waals surface area contributed by atoms with Gasteiger partial charge in [-0.05, 0) is 33.0 Å². The smallest absolute Gasteiger partial charge is 0.187 e. The Balaban J connectivity index is 2.05. The number of nitrogens with zero attached hydrogens (tertiary/aromatic N) is 3. The zero-order valence-electron chi connectivity index (χ0n) is 10.1. The van der Waals surface area contributed by atoms with Crippen LogP contribution < -0.4 is 4.90 Å². The standard InChI is InChI=1S/C11H17Cl2N3S/c1-15-5-3-8(4-6-15)16(2)11-14-10(13)9(7-12)17-11/h8H,3-7H2,1-2H3. The lowest BCUT2D eigenvalue weighted by atomic mass is 10.0. The molecular weight excluding hydrogens is 277 g/mol. The largest absolute Gasteiger partial charge is 0.348 e. The van der Waals surface area contributed by atoms with Crippen LogP contribution in [-0.2, 0) is 5.88 Å². The van der Waals surface area contributed by atoms with Gasteiger partial charge in [0, 0.05) is 13.1 Å². The van der Waals surface area contributed by atoms with Gasteiger partial charge in [-0.3, -0.25) is 0 Å². The zero-order valence-corrected chi connectivity index (χ0v) is 12.4. The molecule has 96 valence electrons. The molecule has 0 radical (unpaired) electrons. The monoisotopic (exact) mass is 293 g/mol. The summed E-state index contributed by atoms with van der Waals surface area (Å²) < 4.78 is 0. The second-order valence-corrected chi connectivity index (χ2v) is 6.18.